The van der Waals surface area contributed by atoms with Crippen LogP contribution >= 0.6 is 0 Å². The summed E-state index contributed by atoms with van der Waals surface area (Å²) in [6.45, 7) is 0.345. The highest BCUT2D eigenvalue weighted by Crippen LogP contribution is 2.25. The van der Waals surface area contributed by atoms with Crippen LogP contribution in [-0.4, -0.2) is 20.4 Å². The predicted molar refractivity (Wildman–Crippen MR) is 93.4 cm³/mol. The van der Waals surface area contributed by atoms with Crippen LogP contribution in [0, 0.1) is 0 Å². The van der Waals surface area contributed by atoms with Crippen molar-refractivity contribution in [2.24, 2.45) is 0 Å². The molecule has 0 spiro atoms. The monoisotopic (exact) mass is 333 g/mol. The van der Waals surface area contributed by atoms with E-state index >= 15 is 0 Å². The summed E-state index contributed by atoms with van der Waals surface area (Å²) in [7, 11) is 0. The van der Waals surface area contributed by atoms with E-state index in [1.807, 2.05) is 54.6 Å². The van der Waals surface area contributed by atoms with Gasteiger partial charge in [-0.05, 0) is 29.8 Å². The lowest BCUT2D eigenvalue weighted by Crippen LogP contribution is -1.99. The highest BCUT2D eigenvalue weighted by atomic mass is 16.5. The van der Waals surface area contributed by atoms with Gasteiger partial charge in [-0.2, -0.15) is 10.3 Å². The minimum atomic E-state index is 0.331. The SMILES string of the molecule is Nc1cc(OCc2cccc(Oc3ccccc3)c2)c2n[nH]nc2n1. The Morgan fingerprint density at radius 1 is 0.920 bits per heavy atom. The van der Waals surface area contributed by atoms with Crippen molar-refractivity contribution in [2.45, 2.75) is 6.61 Å². The first-order valence-corrected chi connectivity index (χ1v) is 7.69. The Bertz CT molecular complexity index is 1000. The molecular weight excluding hydrogens is 318 g/mol. The molecule has 3 N–H and O–H groups in total. The molecule has 25 heavy (non-hydrogen) atoms. The van der Waals surface area contributed by atoms with E-state index in [4.69, 9.17) is 15.2 Å². The summed E-state index contributed by atoms with van der Waals surface area (Å²) in [6.07, 6.45) is 0. The van der Waals surface area contributed by atoms with Gasteiger partial charge in [-0.1, -0.05) is 30.3 Å². The summed E-state index contributed by atoms with van der Waals surface area (Å²) in [4.78, 5) is 4.09. The maximum absolute atomic E-state index is 5.85. The van der Waals surface area contributed by atoms with Gasteiger partial charge in [0.05, 0.1) is 0 Å². The zero-order valence-electron chi connectivity index (χ0n) is 13.2. The van der Waals surface area contributed by atoms with Crippen molar-refractivity contribution >= 4 is 17.0 Å². The van der Waals surface area contributed by atoms with Gasteiger partial charge in [0.15, 0.2) is 11.3 Å². The lowest BCUT2D eigenvalue weighted by Gasteiger charge is -2.09. The maximum Gasteiger partial charge on any atom is 0.207 e. The Morgan fingerprint density at radius 3 is 2.64 bits per heavy atom. The number of aromatic amines is 1. The molecule has 0 radical (unpaired) electrons. The van der Waals surface area contributed by atoms with E-state index in [1.165, 1.54) is 0 Å². The maximum atomic E-state index is 5.85. The van der Waals surface area contributed by atoms with E-state index in [2.05, 4.69) is 20.4 Å². The summed E-state index contributed by atoms with van der Waals surface area (Å²) >= 11 is 0. The fraction of sp³-hybridized carbons (Fsp3) is 0.0556. The Morgan fingerprint density at radius 2 is 1.76 bits per heavy atom. The summed E-state index contributed by atoms with van der Waals surface area (Å²) in [6, 6.07) is 19.0. The van der Waals surface area contributed by atoms with Gasteiger partial charge in [-0.15, -0.1) is 5.10 Å². The van der Waals surface area contributed by atoms with Gasteiger partial charge in [0.25, 0.3) is 0 Å². The highest BCUT2D eigenvalue weighted by molar-refractivity contribution is 5.78. The van der Waals surface area contributed by atoms with E-state index in [1.54, 1.807) is 6.07 Å². The first kappa shape index (κ1) is 14.9. The molecule has 0 atom stereocenters. The smallest absolute Gasteiger partial charge is 0.207 e. The molecule has 0 aliphatic carbocycles. The zero-order chi connectivity index (χ0) is 17.1. The Balaban J connectivity index is 1.51. The number of nitrogens with two attached hydrogens (primary N) is 1. The van der Waals surface area contributed by atoms with Crippen LogP contribution in [0.15, 0.2) is 60.7 Å². The van der Waals surface area contributed by atoms with Crippen molar-refractivity contribution in [3.05, 3.63) is 66.2 Å². The summed E-state index contributed by atoms with van der Waals surface area (Å²) in [5, 5.41) is 10.5. The molecule has 7 nitrogen and oxygen atoms in total. The second kappa shape index (κ2) is 6.48. The molecule has 0 bridgehead atoms. The van der Waals surface area contributed by atoms with E-state index in [-0.39, 0.29) is 0 Å². The Kier molecular flexibility index (Phi) is 3.88. The minimum absolute atomic E-state index is 0.331. The number of anilines is 1. The molecule has 0 aliphatic rings. The van der Waals surface area contributed by atoms with Crippen molar-refractivity contribution in [3.8, 4) is 17.2 Å². The molecule has 4 aromatic rings. The van der Waals surface area contributed by atoms with Gasteiger partial charge in [0, 0.05) is 6.07 Å². The Hall–Kier alpha value is -3.61. The minimum Gasteiger partial charge on any atom is -0.486 e. The Labute approximate surface area is 143 Å². The van der Waals surface area contributed by atoms with Gasteiger partial charge in [0.1, 0.15) is 23.9 Å². The second-order valence-corrected chi connectivity index (χ2v) is 5.39. The first-order valence-electron chi connectivity index (χ1n) is 7.69. The van der Waals surface area contributed by atoms with E-state index in [9.17, 15) is 0 Å². The molecule has 0 unspecified atom stereocenters. The van der Waals surface area contributed by atoms with Crippen molar-refractivity contribution in [3.63, 3.8) is 0 Å². The molecular formula is C18H15N5O2. The average Bonchev–Trinajstić information content (AvgIpc) is 3.09. The van der Waals surface area contributed by atoms with Crippen LogP contribution in [0.3, 0.4) is 0 Å². The lowest BCUT2D eigenvalue weighted by molar-refractivity contribution is 0.308. The van der Waals surface area contributed by atoms with Crippen LogP contribution < -0.4 is 15.2 Å². The van der Waals surface area contributed by atoms with E-state index < -0.39 is 0 Å². The predicted octanol–water partition coefficient (Wildman–Crippen LogP) is 3.31. The number of ether oxygens (including phenoxy) is 2. The number of para-hydroxylation sites is 1. The number of benzene rings is 2. The number of rotatable bonds is 5. The van der Waals surface area contributed by atoms with Gasteiger partial charge < -0.3 is 15.2 Å². The molecule has 4 rings (SSSR count). The highest BCUT2D eigenvalue weighted by Gasteiger charge is 2.10. The van der Waals surface area contributed by atoms with Gasteiger partial charge >= 0.3 is 0 Å². The first-order chi connectivity index (χ1) is 12.3. The molecule has 0 aliphatic heterocycles. The molecule has 0 fully saturated rings. The van der Waals surface area contributed by atoms with Gasteiger partial charge in [0.2, 0.25) is 5.65 Å². The summed E-state index contributed by atoms with van der Waals surface area (Å²) < 4.78 is 11.7. The fourth-order valence-corrected chi connectivity index (χ4v) is 2.42. The van der Waals surface area contributed by atoms with Crippen molar-refractivity contribution in [1.82, 2.24) is 20.4 Å². The molecule has 2 aromatic heterocycles. The number of nitrogens with one attached hydrogen (secondary N) is 1. The lowest BCUT2D eigenvalue weighted by atomic mass is 10.2. The van der Waals surface area contributed by atoms with Gasteiger partial charge in [-0.25, -0.2) is 4.98 Å². The number of nitrogens with zero attached hydrogens (tertiary/aromatic N) is 3. The van der Waals surface area contributed by atoms with Crippen molar-refractivity contribution < 1.29 is 9.47 Å². The molecule has 0 amide bonds. The van der Waals surface area contributed by atoms with E-state index in [0.29, 0.717) is 29.3 Å². The van der Waals surface area contributed by atoms with Crippen LogP contribution in [-0.2, 0) is 6.61 Å². The quantitative estimate of drug-likeness (QED) is 0.581. The molecule has 0 saturated carbocycles. The van der Waals surface area contributed by atoms with Crippen LogP contribution in [0.25, 0.3) is 11.2 Å². The third-order valence-electron chi connectivity index (χ3n) is 3.55. The molecule has 7 heteroatoms. The topological polar surface area (TPSA) is 98.9 Å². The number of fused-ring (bicyclic) bond motifs is 1. The van der Waals surface area contributed by atoms with Crippen molar-refractivity contribution in [1.29, 1.82) is 0 Å². The standard InChI is InChI=1S/C18H15N5O2/c19-16-10-15(17-18(20-16)22-23-21-17)24-11-12-5-4-8-14(9-12)25-13-6-2-1-3-7-13/h1-10H,11H2,(H3,19,20,21,22,23). The van der Waals surface area contributed by atoms with Gasteiger partial charge in [-0.3, -0.25) is 0 Å². The third kappa shape index (κ3) is 3.35. The number of aromatic nitrogens is 4. The third-order valence-corrected chi connectivity index (χ3v) is 3.55. The van der Waals surface area contributed by atoms with Crippen LogP contribution in [0.1, 0.15) is 5.56 Å². The average molecular weight is 333 g/mol. The second-order valence-electron chi connectivity index (χ2n) is 5.39. The molecule has 0 saturated heterocycles. The number of H-pyrrole nitrogens is 1. The zero-order valence-corrected chi connectivity index (χ0v) is 13.2. The van der Waals surface area contributed by atoms with E-state index in [0.717, 1.165) is 17.1 Å². The number of nitrogen functional groups attached to an aromatic ring is 1. The molecule has 124 valence electrons. The largest absolute Gasteiger partial charge is 0.486 e. The van der Waals surface area contributed by atoms with Crippen LogP contribution in [0.4, 0.5) is 5.82 Å². The van der Waals surface area contributed by atoms with Crippen LogP contribution in [0.2, 0.25) is 0 Å². The summed E-state index contributed by atoms with van der Waals surface area (Å²) in [5.74, 6) is 2.39. The summed E-state index contributed by atoms with van der Waals surface area (Å²) in [5.41, 5.74) is 7.70. The number of pyridine rings is 1. The number of hydrogen-bond donors (Lipinski definition) is 2. The molecule has 2 aromatic carbocycles. The normalized spacial score (nSPS) is 10.7. The van der Waals surface area contributed by atoms with Crippen molar-refractivity contribution in [2.75, 3.05) is 5.73 Å². The number of hydrogen-bond acceptors (Lipinski definition) is 6. The molecule has 2 heterocycles. The fourth-order valence-electron chi connectivity index (χ4n) is 2.42. The van der Waals surface area contributed by atoms with Crippen LogP contribution in [0.5, 0.6) is 17.2 Å².